The van der Waals surface area contributed by atoms with Crippen LogP contribution in [0, 0.1) is 11.7 Å². The molecule has 0 spiro atoms. The van der Waals surface area contributed by atoms with Crippen LogP contribution in [0.4, 0.5) is 4.39 Å². The summed E-state index contributed by atoms with van der Waals surface area (Å²) >= 11 is 0. The molecule has 2 heteroatoms. The third-order valence-electron chi connectivity index (χ3n) is 3.17. The highest BCUT2D eigenvalue weighted by atomic mass is 19.1. The number of hydrogen-bond donors (Lipinski definition) is 1. The van der Waals surface area contributed by atoms with Crippen molar-refractivity contribution in [2.45, 2.75) is 32.7 Å². The molecule has 1 aromatic rings. The molecule has 1 aliphatic rings. The molecule has 0 bridgehead atoms. The van der Waals surface area contributed by atoms with Crippen LogP contribution in [0.3, 0.4) is 0 Å². The van der Waals surface area contributed by atoms with Crippen LogP contribution >= 0.6 is 0 Å². The van der Waals surface area contributed by atoms with Gasteiger partial charge in [0.1, 0.15) is 5.82 Å². The highest BCUT2D eigenvalue weighted by Gasteiger charge is 2.20. The Morgan fingerprint density at radius 3 is 3.00 bits per heavy atom. The first-order valence-electron chi connectivity index (χ1n) is 5.72. The molecule has 2 rings (SSSR count). The summed E-state index contributed by atoms with van der Waals surface area (Å²) in [5.41, 5.74) is 2.46. The maximum Gasteiger partial charge on any atom is 0.123 e. The fourth-order valence-electron chi connectivity index (χ4n) is 2.34. The largest absolute Gasteiger partial charge is 0.310 e. The van der Waals surface area contributed by atoms with Gasteiger partial charge in [0.05, 0.1) is 0 Å². The second-order valence-electron chi connectivity index (χ2n) is 4.52. The van der Waals surface area contributed by atoms with Crippen LogP contribution in [-0.2, 0) is 6.42 Å². The quantitative estimate of drug-likeness (QED) is 0.746. The Hall–Kier alpha value is -0.890. The predicted octanol–water partition coefficient (Wildman–Crippen LogP) is 3.06. The molecule has 0 radical (unpaired) electrons. The van der Waals surface area contributed by atoms with E-state index in [1.165, 1.54) is 5.56 Å². The first-order chi connectivity index (χ1) is 7.20. The molecule has 0 saturated carbocycles. The van der Waals surface area contributed by atoms with Gasteiger partial charge in [0.2, 0.25) is 0 Å². The summed E-state index contributed by atoms with van der Waals surface area (Å²) in [6.45, 7) is 5.40. The van der Waals surface area contributed by atoms with E-state index in [1.54, 1.807) is 12.1 Å². The molecule has 82 valence electrons. The van der Waals surface area contributed by atoms with Gasteiger partial charge in [0.15, 0.2) is 0 Å². The van der Waals surface area contributed by atoms with Crippen molar-refractivity contribution in [1.82, 2.24) is 5.32 Å². The van der Waals surface area contributed by atoms with Crippen LogP contribution in [0.25, 0.3) is 0 Å². The van der Waals surface area contributed by atoms with Crippen LogP contribution in [0.15, 0.2) is 18.2 Å². The molecule has 0 aliphatic carbocycles. The van der Waals surface area contributed by atoms with E-state index in [1.807, 2.05) is 6.07 Å². The molecular weight excluding hydrogens is 189 g/mol. The van der Waals surface area contributed by atoms with Gasteiger partial charge in [-0.25, -0.2) is 4.39 Å². The van der Waals surface area contributed by atoms with Crippen LogP contribution < -0.4 is 5.32 Å². The molecular formula is C13H18FN. The number of nitrogens with one attached hydrogen (secondary N) is 1. The van der Waals surface area contributed by atoms with E-state index in [-0.39, 0.29) is 5.82 Å². The van der Waals surface area contributed by atoms with Crippen molar-refractivity contribution in [3.05, 3.63) is 35.1 Å². The fraction of sp³-hybridized carbons (Fsp3) is 0.538. The molecule has 0 amide bonds. The van der Waals surface area contributed by atoms with Crippen LogP contribution in [0.5, 0.6) is 0 Å². The molecule has 0 saturated heterocycles. The van der Waals surface area contributed by atoms with Crippen molar-refractivity contribution in [2.24, 2.45) is 5.92 Å². The van der Waals surface area contributed by atoms with Gasteiger partial charge in [-0.05, 0) is 48.6 Å². The number of halogens is 1. The van der Waals surface area contributed by atoms with Crippen molar-refractivity contribution in [1.29, 1.82) is 0 Å². The minimum absolute atomic E-state index is 0.122. The Morgan fingerprint density at radius 1 is 1.47 bits per heavy atom. The summed E-state index contributed by atoms with van der Waals surface area (Å²) in [7, 11) is 0. The van der Waals surface area contributed by atoms with Gasteiger partial charge in [-0.3, -0.25) is 0 Å². The summed E-state index contributed by atoms with van der Waals surface area (Å²) in [6.07, 6.45) is 2.07. The van der Waals surface area contributed by atoms with Crippen LogP contribution in [-0.4, -0.2) is 6.54 Å². The Labute approximate surface area is 90.7 Å². The summed E-state index contributed by atoms with van der Waals surface area (Å²) < 4.78 is 13.2. The van der Waals surface area contributed by atoms with E-state index in [4.69, 9.17) is 0 Å². The Balaban J connectivity index is 2.41. The minimum Gasteiger partial charge on any atom is -0.310 e. The summed E-state index contributed by atoms with van der Waals surface area (Å²) in [5.74, 6) is 0.509. The van der Waals surface area contributed by atoms with Gasteiger partial charge < -0.3 is 5.32 Å². The molecule has 1 aromatic carbocycles. The van der Waals surface area contributed by atoms with E-state index in [0.29, 0.717) is 12.0 Å². The zero-order valence-electron chi connectivity index (χ0n) is 9.39. The average Bonchev–Trinajstić information content (AvgIpc) is 2.37. The Bertz CT molecular complexity index is 348. The topological polar surface area (TPSA) is 12.0 Å². The van der Waals surface area contributed by atoms with Gasteiger partial charge >= 0.3 is 0 Å². The molecule has 2 atom stereocenters. The van der Waals surface area contributed by atoms with Crippen molar-refractivity contribution in [2.75, 3.05) is 6.54 Å². The predicted molar refractivity (Wildman–Crippen MR) is 60.3 cm³/mol. The highest BCUT2D eigenvalue weighted by molar-refractivity contribution is 5.32. The number of hydrogen-bond acceptors (Lipinski definition) is 1. The van der Waals surface area contributed by atoms with Crippen LogP contribution in [0.2, 0.25) is 0 Å². The van der Waals surface area contributed by atoms with Gasteiger partial charge in [-0.1, -0.05) is 19.9 Å². The highest BCUT2D eigenvalue weighted by Crippen LogP contribution is 2.27. The molecule has 2 unspecified atom stereocenters. The van der Waals surface area contributed by atoms with Crippen LogP contribution in [0.1, 0.15) is 37.4 Å². The van der Waals surface area contributed by atoms with Crippen molar-refractivity contribution < 1.29 is 4.39 Å². The first-order valence-corrected chi connectivity index (χ1v) is 5.72. The normalized spacial score (nSPS) is 25.8. The smallest absolute Gasteiger partial charge is 0.123 e. The second-order valence-corrected chi connectivity index (χ2v) is 4.52. The zero-order chi connectivity index (χ0) is 10.8. The SMILES string of the molecule is CCC1NCC(C)Cc2ccc(F)cc21. The molecule has 0 fully saturated rings. The van der Waals surface area contributed by atoms with E-state index in [2.05, 4.69) is 19.2 Å². The molecule has 15 heavy (non-hydrogen) atoms. The Morgan fingerprint density at radius 2 is 2.27 bits per heavy atom. The molecule has 1 N–H and O–H groups in total. The lowest BCUT2D eigenvalue weighted by molar-refractivity contribution is 0.468. The van der Waals surface area contributed by atoms with Gasteiger partial charge in [-0.2, -0.15) is 0 Å². The van der Waals surface area contributed by atoms with Gasteiger partial charge in [0, 0.05) is 6.04 Å². The lowest BCUT2D eigenvalue weighted by Gasteiger charge is -2.16. The van der Waals surface area contributed by atoms with Gasteiger partial charge in [0.25, 0.3) is 0 Å². The first kappa shape index (κ1) is 10.6. The van der Waals surface area contributed by atoms with E-state index in [0.717, 1.165) is 24.9 Å². The Kier molecular flexibility index (Phi) is 3.06. The molecule has 1 aliphatic heterocycles. The summed E-state index contributed by atoms with van der Waals surface area (Å²) in [4.78, 5) is 0. The maximum absolute atomic E-state index is 13.2. The van der Waals surface area contributed by atoms with Crippen molar-refractivity contribution in [3.8, 4) is 0 Å². The van der Waals surface area contributed by atoms with E-state index < -0.39 is 0 Å². The standard InChI is InChI=1S/C13H18FN/c1-3-13-12-7-11(14)5-4-10(12)6-9(2)8-15-13/h4-5,7,9,13,15H,3,6,8H2,1-2H3. The third-order valence-corrected chi connectivity index (χ3v) is 3.17. The van der Waals surface area contributed by atoms with E-state index >= 15 is 0 Å². The molecule has 0 aromatic heterocycles. The summed E-state index contributed by atoms with van der Waals surface area (Å²) in [5, 5.41) is 3.50. The summed E-state index contributed by atoms with van der Waals surface area (Å²) in [6, 6.07) is 5.52. The second kappa shape index (κ2) is 4.31. The van der Waals surface area contributed by atoms with Gasteiger partial charge in [-0.15, -0.1) is 0 Å². The monoisotopic (exact) mass is 207 g/mol. The van der Waals surface area contributed by atoms with Crippen molar-refractivity contribution in [3.63, 3.8) is 0 Å². The fourth-order valence-corrected chi connectivity index (χ4v) is 2.34. The minimum atomic E-state index is -0.122. The zero-order valence-corrected chi connectivity index (χ0v) is 9.39. The molecule has 1 nitrogen and oxygen atoms in total. The van der Waals surface area contributed by atoms with Crippen molar-refractivity contribution >= 4 is 0 Å². The lowest BCUT2D eigenvalue weighted by Crippen LogP contribution is -2.23. The number of rotatable bonds is 1. The number of fused-ring (bicyclic) bond motifs is 1. The maximum atomic E-state index is 13.2. The molecule has 1 heterocycles. The third kappa shape index (κ3) is 2.20. The van der Waals surface area contributed by atoms with E-state index in [9.17, 15) is 4.39 Å². The lowest BCUT2D eigenvalue weighted by atomic mass is 9.95. The number of benzene rings is 1. The average molecular weight is 207 g/mol.